The minimum Gasteiger partial charge on any atom is -0.381 e. The average molecular weight is 449 g/mol. The molecule has 6 heteroatoms. The van der Waals surface area contributed by atoms with Crippen molar-refractivity contribution < 1.29 is 4.79 Å². The van der Waals surface area contributed by atoms with E-state index in [-0.39, 0.29) is 11.9 Å². The zero-order valence-electron chi connectivity index (χ0n) is 18.3. The number of benzene rings is 2. The van der Waals surface area contributed by atoms with Crippen molar-refractivity contribution in [1.82, 2.24) is 10.3 Å². The summed E-state index contributed by atoms with van der Waals surface area (Å²) in [5.41, 5.74) is 4.09. The number of carbonyl (C=O) groups is 1. The molecule has 2 heterocycles. The molecule has 0 spiro atoms. The lowest BCUT2D eigenvalue weighted by Gasteiger charge is -2.33. The van der Waals surface area contributed by atoms with Crippen LogP contribution in [0.2, 0.25) is 5.02 Å². The highest BCUT2D eigenvalue weighted by atomic mass is 35.5. The number of piperidine rings is 1. The molecule has 1 unspecified atom stereocenters. The Kier molecular flexibility index (Phi) is 7.40. The van der Waals surface area contributed by atoms with Crippen LogP contribution in [-0.2, 0) is 6.42 Å². The normalized spacial score (nSPS) is 15.2. The van der Waals surface area contributed by atoms with Crippen LogP contribution < -0.4 is 16.0 Å². The molecular weight excluding hydrogens is 420 g/mol. The molecule has 1 amide bonds. The molecule has 1 fully saturated rings. The van der Waals surface area contributed by atoms with Crippen molar-refractivity contribution in [2.75, 3.05) is 23.7 Å². The second-order valence-corrected chi connectivity index (χ2v) is 8.77. The van der Waals surface area contributed by atoms with Crippen molar-refractivity contribution in [3.63, 3.8) is 0 Å². The number of pyridine rings is 1. The fraction of sp³-hybridized carbons (Fsp3) is 0.308. The van der Waals surface area contributed by atoms with Crippen molar-refractivity contribution in [2.45, 2.75) is 32.2 Å². The number of carbonyl (C=O) groups excluding carboxylic acids is 1. The molecule has 0 bridgehead atoms. The largest absolute Gasteiger partial charge is 0.381 e. The Balaban J connectivity index is 1.57. The summed E-state index contributed by atoms with van der Waals surface area (Å²) in [6.45, 7) is 4.22. The van der Waals surface area contributed by atoms with Crippen molar-refractivity contribution in [2.24, 2.45) is 5.92 Å². The van der Waals surface area contributed by atoms with Crippen LogP contribution in [0.5, 0.6) is 0 Å². The van der Waals surface area contributed by atoms with E-state index in [4.69, 9.17) is 11.6 Å². The number of nitrogens with zero attached hydrogens (tertiary/aromatic N) is 1. The molecule has 0 radical (unpaired) electrons. The molecule has 0 saturated carbocycles. The number of halogens is 1. The minimum atomic E-state index is -0.192. The molecule has 4 rings (SSSR count). The van der Waals surface area contributed by atoms with Gasteiger partial charge >= 0.3 is 0 Å². The number of para-hydroxylation sites is 1. The van der Waals surface area contributed by atoms with Gasteiger partial charge < -0.3 is 16.0 Å². The molecule has 32 heavy (non-hydrogen) atoms. The Morgan fingerprint density at radius 1 is 1.09 bits per heavy atom. The van der Waals surface area contributed by atoms with Crippen molar-refractivity contribution in [3.8, 4) is 0 Å². The second kappa shape index (κ2) is 10.6. The van der Waals surface area contributed by atoms with Gasteiger partial charge in [-0.15, -0.1) is 0 Å². The van der Waals surface area contributed by atoms with Gasteiger partial charge in [-0.3, -0.25) is 4.79 Å². The third-order valence-electron chi connectivity index (χ3n) is 6.14. The number of aromatic nitrogens is 1. The summed E-state index contributed by atoms with van der Waals surface area (Å²) in [7, 11) is 0. The highest BCUT2D eigenvalue weighted by Gasteiger charge is 2.25. The van der Waals surface area contributed by atoms with Crippen LogP contribution in [0.15, 0.2) is 66.9 Å². The van der Waals surface area contributed by atoms with E-state index in [1.165, 1.54) is 17.3 Å². The summed E-state index contributed by atoms with van der Waals surface area (Å²) < 4.78 is 0. The first-order valence-electron chi connectivity index (χ1n) is 11.1. The summed E-state index contributed by atoms with van der Waals surface area (Å²) in [6, 6.07) is 19.9. The molecule has 5 nitrogen and oxygen atoms in total. The van der Waals surface area contributed by atoms with Gasteiger partial charge in [0, 0.05) is 17.9 Å². The summed E-state index contributed by atoms with van der Waals surface area (Å²) in [5, 5.41) is 10.6. The molecule has 1 aliphatic heterocycles. The van der Waals surface area contributed by atoms with Gasteiger partial charge in [-0.1, -0.05) is 48.0 Å². The maximum absolute atomic E-state index is 13.1. The number of hydrogen-bond donors (Lipinski definition) is 3. The SMILES string of the molecule is Cc1ccccc1CC(Nc1ccccc1C(=O)Nc1ccc(Cl)cn1)C1CCNCC1. The molecule has 2 aromatic carbocycles. The van der Waals surface area contributed by atoms with Gasteiger partial charge in [0.15, 0.2) is 0 Å². The summed E-state index contributed by atoms with van der Waals surface area (Å²) in [4.78, 5) is 17.2. The van der Waals surface area contributed by atoms with Crippen molar-refractivity contribution in [1.29, 1.82) is 0 Å². The first kappa shape index (κ1) is 22.3. The van der Waals surface area contributed by atoms with E-state index in [2.05, 4.69) is 52.1 Å². The van der Waals surface area contributed by atoms with E-state index in [1.54, 1.807) is 12.1 Å². The van der Waals surface area contributed by atoms with Crippen LogP contribution in [0.4, 0.5) is 11.5 Å². The van der Waals surface area contributed by atoms with Gasteiger partial charge in [-0.25, -0.2) is 4.98 Å². The van der Waals surface area contributed by atoms with E-state index in [0.717, 1.165) is 38.0 Å². The summed E-state index contributed by atoms with van der Waals surface area (Å²) >= 11 is 5.91. The third-order valence-corrected chi connectivity index (χ3v) is 6.36. The predicted octanol–water partition coefficient (Wildman–Crippen LogP) is 5.32. The zero-order valence-corrected chi connectivity index (χ0v) is 19.0. The summed E-state index contributed by atoms with van der Waals surface area (Å²) in [5.74, 6) is 0.816. The highest BCUT2D eigenvalue weighted by molar-refractivity contribution is 6.30. The van der Waals surface area contributed by atoms with E-state index in [1.807, 2.05) is 24.3 Å². The van der Waals surface area contributed by atoms with Crippen LogP contribution in [0, 0.1) is 12.8 Å². The Hall–Kier alpha value is -2.89. The van der Waals surface area contributed by atoms with Crippen LogP contribution in [0.25, 0.3) is 0 Å². The lowest BCUT2D eigenvalue weighted by Crippen LogP contribution is -2.39. The van der Waals surface area contributed by atoms with E-state index < -0.39 is 0 Å². The number of rotatable bonds is 7. The molecule has 1 atom stereocenters. The molecular formula is C26H29ClN4O. The molecule has 3 aromatic rings. The Morgan fingerprint density at radius 2 is 1.84 bits per heavy atom. The lowest BCUT2D eigenvalue weighted by molar-refractivity contribution is 0.102. The molecule has 3 N–H and O–H groups in total. The first-order chi connectivity index (χ1) is 15.6. The van der Waals surface area contributed by atoms with Gasteiger partial charge in [0.05, 0.1) is 10.6 Å². The Bertz CT molecular complexity index is 1050. The Morgan fingerprint density at radius 3 is 2.59 bits per heavy atom. The van der Waals surface area contributed by atoms with Crippen molar-refractivity contribution >= 4 is 29.0 Å². The number of amides is 1. The number of hydrogen-bond acceptors (Lipinski definition) is 4. The van der Waals surface area contributed by atoms with Gasteiger partial charge in [-0.2, -0.15) is 0 Å². The Labute approximate surface area is 194 Å². The monoisotopic (exact) mass is 448 g/mol. The molecule has 1 aliphatic rings. The maximum atomic E-state index is 13.1. The molecule has 0 aliphatic carbocycles. The highest BCUT2D eigenvalue weighted by Crippen LogP contribution is 2.27. The smallest absolute Gasteiger partial charge is 0.258 e. The molecule has 166 valence electrons. The number of anilines is 2. The maximum Gasteiger partial charge on any atom is 0.258 e. The molecule has 1 saturated heterocycles. The van der Waals surface area contributed by atoms with E-state index >= 15 is 0 Å². The standard InChI is InChI=1S/C26H29ClN4O/c1-18-6-2-3-7-20(18)16-24(19-12-14-28-15-13-19)30-23-9-5-4-8-22(23)26(32)31-25-11-10-21(27)17-29-25/h2-11,17,19,24,28,30H,12-16H2,1H3,(H,29,31,32). The van der Waals surface area contributed by atoms with Gasteiger partial charge in [-0.05, 0) is 80.6 Å². The van der Waals surface area contributed by atoms with Crippen LogP contribution in [0.3, 0.4) is 0 Å². The first-order valence-corrected chi connectivity index (χ1v) is 11.5. The van der Waals surface area contributed by atoms with Gasteiger partial charge in [0.25, 0.3) is 5.91 Å². The fourth-order valence-electron chi connectivity index (χ4n) is 4.30. The quantitative estimate of drug-likeness (QED) is 0.457. The van der Waals surface area contributed by atoms with Crippen LogP contribution >= 0.6 is 11.6 Å². The fourth-order valence-corrected chi connectivity index (χ4v) is 4.41. The van der Waals surface area contributed by atoms with E-state index in [9.17, 15) is 4.79 Å². The van der Waals surface area contributed by atoms with E-state index in [0.29, 0.717) is 22.3 Å². The van der Waals surface area contributed by atoms with Gasteiger partial charge in [0.1, 0.15) is 5.82 Å². The third kappa shape index (κ3) is 5.67. The molecule has 1 aromatic heterocycles. The number of nitrogens with one attached hydrogen (secondary N) is 3. The second-order valence-electron chi connectivity index (χ2n) is 8.33. The zero-order chi connectivity index (χ0) is 22.3. The number of aryl methyl sites for hydroxylation is 1. The topological polar surface area (TPSA) is 66.0 Å². The lowest BCUT2D eigenvalue weighted by atomic mass is 9.85. The predicted molar refractivity (Wildman–Crippen MR) is 132 cm³/mol. The van der Waals surface area contributed by atoms with Crippen LogP contribution in [-0.4, -0.2) is 30.0 Å². The summed E-state index contributed by atoms with van der Waals surface area (Å²) in [6.07, 6.45) is 4.68. The van der Waals surface area contributed by atoms with Crippen molar-refractivity contribution in [3.05, 3.63) is 88.6 Å². The average Bonchev–Trinajstić information content (AvgIpc) is 2.82. The minimum absolute atomic E-state index is 0.192. The van der Waals surface area contributed by atoms with Gasteiger partial charge in [0.2, 0.25) is 0 Å². The van der Waals surface area contributed by atoms with Crippen LogP contribution in [0.1, 0.15) is 34.3 Å².